The highest BCUT2D eigenvalue weighted by Gasteiger charge is 2.57. The van der Waals surface area contributed by atoms with Crippen LogP contribution in [0.25, 0.3) is 0 Å². The Labute approximate surface area is 183 Å². The predicted molar refractivity (Wildman–Crippen MR) is 116 cm³/mol. The first-order valence-corrected chi connectivity index (χ1v) is 10.9. The molecule has 1 spiro atoms. The number of terminal acetylenes is 1. The fourth-order valence-corrected chi connectivity index (χ4v) is 6.14. The van der Waals surface area contributed by atoms with Crippen LogP contribution in [-0.2, 0) is 14.3 Å². The van der Waals surface area contributed by atoms with Crippen LogP contribution in [0.4, 0.5) is 5.69 Å². The molecule has 1 saturated heterocycles. The van der Waals surface area contributed by atoms with Crippen molar-refractivity contribution in [3.8, 4) is 18.1 Å². The van der Waals surface area contributed by atoms with E-state index >= 15 is 0 Å². The molecule has 2 saturated carbocycles. The third-order valence-electron chi connectivity index (χ3n) is 6.85. The molecule has 1 aliphatic heterocycles. The number of ether oxygens (including phenoxy) is 2. The Bertz CT molecular complexity index is 881. The van der Waals surface area contributed by atoms with Crippen molar-refractivity contribution in [3.05, 3.63) is 23.2 Å². The first kappa shape index (κ1) is 21.2. The van der Waals surface area contributed by atoms with Gasteiger partial charge in [0.25, 0.3) is 0 Å². The lowest BCUT2D eigenvalue weighted by Gasteiger charge is -2.61. The van der Waals surface area contributed by atoms with Crippen LogP contribution in [0.1, 0.15) is 52.4 Å². The number of hydrogen-bond donors (Lipinski definition) is 0. The summed E-state index contributed by atoms with van der Waals surface area (Å²) in [5.74, 6) is 2.17. The maximum Gasteiger partial charge on any atom is 0.303 e. The lowest BCUT2D eigenvalue weighted by molar-refractivity contribution is -0.132. The van der Waals surface area contributed by atoms with Gasteiger partial charge in [-0.3, -0.25) is 9.69 Å². The molecule has 30 heavy (non-hydrogen) atoms. The number of carbonyl (C=O) groups is 2. The van der Waals surface area contributed by atoms with E-state index in [1.807, 2.05) is 0 Å². The van der Waals surface area contributed by atoms with Gasteiger partial charge in [0.15, 0.2) is 0 Å². The summed E-state index contributed by atoms with van der Waals surface area (Å²) in [7, 11) is 0. The van der Waals surface area contributed by atoms with Gasteiger partial charge in [-0.1, -0.05) is 25.4 Å². The average molecular weight is 430 g/mol. The number of carbonyl (C=O) groups excluding carboxylic acids is 2. The first-order valence-electron chi connectivity index (χ1n) is 10.5. The number of hydrogen-bond acceptors (Lipinski definition) is 4. The molecule has 1 aromatic carbocycles. The highest BCUT2D eigenvalue weighted by molar-refractivity contribution is 6.32. The lowest BCUT2D eigenvalue weighted by atomic mass is 9.45. The van der Waals surface area contributed by atoms with E-state index in [1.54, 1.807) is 18.2 Å². The molecule has 1 aromatic rings. The van der Waals surface area contributed by atoms with Gasteiger partial charge in [-0.15, -0.1) is 6.42 Å². The standard InChI is InChI=1S/C24H28ClNO4/c1-4-21(28)26(24(16-27)7-9-29-10-8-24)17-5-6-20(19(25)11-17)30-18-12-23(13-18)14-22(2,3)15-23/h1,5-6,11,16,18H,7-10,12-15H2,2-3H3. The van der Waals surface area contributed by atoms with Gasteiger partial charge in [0.1, 0.15) is 17.6 Å². The van der Waals surface area contributed by atoms with Gasteiger partial charge in [0.2, 0.25) is 0 Å². The Kier molecular flexibility index (Phi) is 5.36. The fourth-order valence-electron chi connectivity index (χ4n) is 5.92. The van der Waals surface area contributed by atoms with Crippen molar-refractivity contribution >= 4 is 29.5 Å². The van der Waals surface area contributed by atoms with E-state index in [1.165, 1.54) is 17.7 Å². The third kappa shape index (κ3) is 3.72. The summed E-state index contributed by atoms with van der Waals surface area (Å²) in [6.45, 7) is 5.41. The van der Waals surface area contributed by atoms with Crippen molar-refractivity contribution < 1.29 is 19.1 Å². The largest absolute Gasteiger partial charge is 0.489 e. The molecule has 3 aliphatic rings. The van der Waals surface area contributed by atoms with Crippen LogP contribution in [0.2, 0.25) is 5.02 Å². The zero-order chi connectivity index (χ0) is 21.6. The van der Waals surface area contributed by atoms with E-state index in [0.717, 1.165) is 19.1 Å². The topological polar surface area (TPSA) is 55.8 Å². The van der Waals surface area contributed by atoms with Crippen LogP contribution in [0.5, 0.6) is 5.75 Å². The Morgan fingerprint density at radius 1 is 1.30 bits per heavy atom. The maximum absolute atomic E-state index is 12.6. The highest BCUT2D eigenvalue weighted by atomic mass is 35.5. The minimum absolute atomic E-state index is 0.171. The second-order valence-corrected chi connectivity index (χ2v) is 10.3. The lowest BCUT2D eigenvalue weighted by Crippen LogP contribution is -2.56. The molecule has 0 radical (unpaired) electrons. The number of halogens is 1. The molecule has 0 atom stereocenters. The zero-order valence-electron chi connectivity index (χ0n) is 17.6. The second-order valence-electron chi connectivity index (χ2n) is 9.90. The third-order valence-corrected chi connectivity index (χ3v) is 7.14. The van der Waals surface area contributed by atoms with Crippen molar-refractivity contribution in [2.75, 3.05) is 18.1 Å². The molecule has 3 fully saturated rings. The molecule has 0 aromatic heterocycles. The molecule has 0 bridgehead atoms. The highest BCUT2D eigenvalue weighted by Crippen LogP contribution is 2.64. The SMILES string of the molecule is C#CC(=O)N(c1ccc(OC2CC3(C2)CC(C)(C)C3)c(Cl)c1)C1(C=O)CCOCC1. The van der Waals surface area contributed by atoms with E-state index in [9.17, 15) is 9.59 Å². The van der Waals surface area contributed by atoms with E-state index in [-0.39, 0.29) is 6.10 Å². The monoisotopic (exact) mass is 429 g/mol. The first-order chi connectivity index (χ1) is 14.2. The van der Waals surface area contributed by atoms with Gasteiger partial charge in [0.05, 0.1) is 11.1 Å². The molecule has 0 N–H and O–H groups in total. The normalized spacial score (nSPS) is 23.5. The zero-order valence-corrected chi connectivity index (χ0v) is 18.3. The summed E-state index contributed by atoms with van der Waals surface area (Å²) in [5.41, 5.74) is 0.381. The van der Waals surface area contributed by atoms with Gasteiger partial charge in [-0.2, -0.15) is 0 Å². The van der Waals surface area contributed by atoms with Crippen molar-refractivity contribution in [2.45, 2.75) is 64.0 Å². The predicted octanol–water partition coefficient (Wildman–Crippen LogP) is 4.40. The van der Waals surface area contributed by atoms with Crippen molar-refractivity contribution in [1.82, 2.24) is 0 Å². The smallest absolute Gasteiger partial charge is 0.303 e. The number of aldehydes is 1. The van der Waals surface area contributed by atoms with Gasteiger partial charge >= 0.3 is 5.91 Å². The van der Waals surface area contributed by atoms with Crippen LogP contribution in [0.3, 0.4) is 0 Å². The molecular weight excluding hydrogens is 402 g/mol. The van der Waals surface area contributed by atoms with Crippen LogP contribution >= 0.6 is 11.6 Å². The molecule has 1 amide bonds. The van der Waals surface area contributed by atoms with Gasteiger partial charge < -0.3 is 14.3 Å². The summed E-state index contributed by atoms with van der Waals surface area (Å²) < 4.78 is 11.5. The summed E-state index contributed by atoms with van der Waals surface area (Å²) in [5, 5.41) is 0.408. The average Bonchev–Trinajstić information content (AvgIpc) is 2.67. The number of anilines is 1. The molecule has 1 heterocycles. The quantitative estimate of drug-likeness (QED) is 0.514. The van der Waals surface area contributed by atoms with Gasteiger partial charge in [-0.25, -0.2) is 0 Å². The molecular formula is C24H28ClNO4. The summed E-state index contributed by atoms with van der Waals surface area (Å²) in [4.78, 5) is 26.0. The van der Waals surface area contributed by atoms with Crippen molar-refractivity contribution in [2.24, 2.45) is 10.8 Å². The molecule has 4 rings (SSSR count). The minimum Gasteiger partial charge on any atom is -0.489 e. The summed E-state index contributed by atoms with van der Waals surface area (Å²) in [6, 6.07) is 5.17. The minimum atomic E-state index is -1.02. The van der Waals surface area contributed by atoms with Crippen molar-refractivity contribution in [3.63, 3.8) is 0 Å². The van der Waals surface area contributed by atoms with E-state index in [0.29, 0.717) is 53.3 Å². The second kappa shape index (κ2) is 7.59. The number of amides is 1. The molecule has 160 valence electrons. The summed E-state index contributed by atoms with van der Waals surface area (Å²) in [6.07, 6.45) is 11.8. The maximum atomic E-state index is 12.6. The molecule has 5 nitrogen and oxygen atoms in total. The van der Waals surface area contributed by atoms with E-state index in [2.05, 4.69) is 19.8 Å². The van der Waals surface area contributed by atoms with Crippen molar-refractivity contribution in [1.29, 1.82) is 0 Å². The Hall–Kier alpha value is -2.03. The van der Waals surface area contributed by atoms with Crippen LogP contribution in [0, 0.1) is 23.2 Å². The fraction of sp³-hybridized carbons (Fsp3) is 0.583. The molecule has 2 aliphatic carbocycles. The Balaban J connectivity index is 1.50. The number of rotatable bonds is 5. The number of benzene rings is 1. The van der Waals surface area contributed by atoms with Crippen LogP contribution < -0.4 is 9.64 Å². The molecule has 0 unspecified atom stereocenters. The summed E-state index contributed by atoms with van der Waals surface area (Å²) >= 11 is 6.51. The Morgan fingerprint density at radius 2 is 1.97 bits per heavy atom. The number of nitrogens with zero attached hydrogens (tertiary/aromatic N) is 1. The van der Waals surface area contributed by atoms with Gasteiger partial charge in [0, 0.05) is 31.7 Å². The van der Waals surface area contributed by atoms with E-state index in [4.69, 9.17) is 27.5 Å². The van der Waals surface area contributed by atoms with E-state index < -0.39 is 11.4 Å². The van der Waals surface area contributed by atoms with Gasteiger partial charge in [-0.05, 0) is 60.6 Å². The van der Waals surface area contributed by atoms with Crippen LogP contribution in [-0.4, -0.2) is 37.0 Å². The molecule has 6 heteroatoms. The Morgan fingerprint density at radius 3 is 2.50 bits per heavy atom. The van der Waals surface area contributed by atoms with Crippen LogP contribution in [0.15, 0.2) is 18.2 Å².